The van der Waals surface area contributed by atoms with Crippen molar-refractivity contribution in [3.05, 3.63) is 124 Å². The summed E-state index contributed by atoms with van der Waals surface area (Å²) < 4.78 is 0. The lowest BCUT2D eigenvalue weighted by Crippen LogP contribution is -2.11. The van der Waals surface area contributed by atoms with Crippen LogP contribution in [0.2, 0.25) is 0 Å². The lowest BCUT2D eigenvalue weighted by molar-refractivity contribution is 0.929. The van der Waals surface area contributed by atoms with E-state index in [1.807, 2.05) is 0 Å². The second-order valence-corrected chi connectivity index (χ2v) is 15.7. The molecule has 2 aromatic carbocycles. The molecule has 1 unspecified atom stereocenters. The molecule has 0 saturated carbocycles. The first-order valence-electron chi connectivity index (χ1n) is 13.7. The molecule has 6 rings (SSSR count). The summed E-state index contributed by atoms with van der Waals surface area (Å²) in [6, 6.07) is 17.7. The van der Waals surface area contributed by atoms with Crippen molar-refractivity contribution in [3.8, 4) is 11.1 Å². The molecule has 0 radical (unpaired) electrons. The number of aliphatic imine (C=N–C) groups is 1. The first-order chi connectivity index (χ1) is 18.0. The lowest BCUT2D eigenvalue weighted by atomic mass is 9.87. The smallest absolute Gasteiger partial charge is 0.0673 e. The highest BCUT2D eigenvalue weighted by Crippen LogP contribution is 2.80. The number of benzene rings is 2. The van der Waals surface area contributed by atoms with E-state index in [1.54, 1.807) is 4.86 Å². The Bertz CT molecular complexity index is 1550. The van der Waals surface area contributed by atoms with Gasteiger partial charge in [-0.3, -0.25) is 4.99 Å². The summed E-state index contributed by atoms with van der Waals surface area (Å²) in [7, 11) is -1.76. The highest BCUT2D eigenvalue weighted by atomic mass is 32.3. The van der Waals surface area contributed by atoms with Gasteiger partial charge in [0.15, 0.2) is 0 Å². The summed E-state index contributed by atoms with van der Waals surface area (Å²) in [6.45, 7) is 4.50. The van der Waals surface area contributed by atoms with Crippen LogP contribution in [-0.4, -0.2) is 22.1 Å². The standard InChI is InChI=1S/C35H37NS/c1-4-12-32(30-21-20-28-24-27(18-19-29(28)25-30)26-14-7-6-8-15-26)36-33(13-5-2)31-16-11-23-37(3)22-10-9-17-34(37)35(31)37/h6-11,13-19,22-25,34H,4-5,12,20-21H2,1-3H3/b33-13+,36-32+. The number of allylic oxidation sites excluding steroid dienone is 7. The van der Waals surface area contributed by atoms with E-state index in [1.165, 1.54) is 44.8 Å². The Morgan fingerprint density at radius 2 is 1.81 bits per heavy atom. The molecule has 1 spiro atoms. The Labute approximate surface area is 222 Å². The van der Waals surface area contributed by atoms with Crippen molar-refractivity contribution < 1.29 is 0 Å². The first kappa shape index (κ1) is 24.1. The largest absolute Gasteiger partial charge is 0.253 e. The molecule has 1 atom stereocenters. The SMILES string of the molecule is CC/C=C(/N=C(\CCC)C1=Cc2ccc(-c3ccccc3)cc2CC1)C1=CC=CS23(C)=C1C2C=CC=C3. The predicted molar refractivity (Wildman–Crippen MR) is 167 cm³/mol. The third-order valence-electron chi connectivity index (χ3n) is 8.31. The molecule has 2 aromatic rings. The van der Waals surface area contributed by atoms with Gasteiger partial charge >= 0.3 is 0 Å². The minimum atomic E-state index is -1.76. The van der Waals surface area contributed by atoms with Crippen LogP contribution >= 0.6 is 8.75 Å². The van der Waals surface area contributed by atoms with Crippen LogP contribution in [0.25, 0.3) is 17.2 Å². The zero-order valence-corrected chi connectivity index (χ0v) is 23.1. The third-order valence-corrected chi connectivity index (χ3v) is 13.2. The highest BCUT2D eigenvalue weighted by molar-refractivity contribution is 8.59. The fourth-order valence-electron chi connectivity index (χ4n) is 6.26. The summed E-state index contributed by atoms with van der Waals surface area (Å²) in [5.74, 6) is 0. The molecule has 0 aromatic heterocycles. The molecule has 188 valence electrons. The molecule has 3 aliphatic heterocycles. The van der Waals surface area contributed by atoms with Crippen LogP contribution in [0, 0.1) is 0 Å². The fraction of sp³-hybridized carbons (Fsp3) is 0.257. The zero-order valence-electron chi connectivity index (χ0n) is 22.3. The molecular weight excluding hydrogens is 466 g/mol. The summed E-state index contributed by atoms with van der Waals surface area (Å²) in [4.78, 5) is 7.07. The molecule has 0 saturated heterocycles. The topological polar surface area (TPSA) is 12.4 Å². The predicted octanol–water partition coefficient (Wildman–Crippen LogP) is 9.28. The maximum absolute atomic E-state index is 5.46. The van der Waals surface area contributed by atoms with Crippen LogP contribution in [0.3, 0.4) is 0 Å². The Balaban J connectivity index is 1.36. The van der Waals surface area contributed by atoms with Gasteiger partial charge in [0.25, 0.3) is 0 Å². The maximum atomic E-state index is 5.46. The number of nitrogens with zero attached hydrogens (tertiary/aromatic N) is 1. The molecule has 4 aliphatic rings. The molecule has 1 aliphatic carbocycles. The van der Waals surface area contributed by atoms with Crippen molar-refractivity contribution in [2.75, 3.05) is 6.26 Å². The van der Waals surface area contributed by atoms with Crippen molar-refractivity contribution in [1.29, 1.82) is 0 Å². The summed E-state index contributed by atoms with van der Waals surface area (Å²) in [6.07, 6.45) is 24.0. The van der Waals surface area contributed by atoms with Crippen molar-refractivity contribution >= 4 is 25.4 Å². The molecule has 0 N–H and O–H groups in total. The van der Waals surface area contributed by atoms with Crippen LogP contribution in [0.15, 0.2) is 118 Å². The second kappa shape index (κ2) is 9.26. The Hall–Kier alpha value is -3.23. The molecule has 0 fully saturated rings. The van der Waals surface area contributed by atoms with Gasteiger partial charge in [-0.05, 0) is 81.5 Å². The van der Waals surface area contributed by atoms with Crippen molar-refractivity contribution in [1.82, 2.24) is 0 Å². The summed E-state index contributed by atoms with van der Waals surface area (Å²) in [5.41, 5.74) is 10.6. The van der Waals surface area contributed by atoms with E-state index in [0.29, 0.717) is 5.25 Å². The van der Waals surface area contributed by atoms with Gasteiger partial charge < -0.3 is 0 Å². The Kier molecular flexibility index (Phi) is 6.04. The number of aryl methyl sites for hydroxylation is 1. The van der Waals surface area contributed by atoms with Gasteiger partial charge in [-0.1, -0.05) is 105 Å². The van der Waals surface area contributed by atoms with Crippen LogP contribution in [0.1, 0.15) is 50.7 Å². The monoisotopic (exact) mass is 503 g/mol. The van der Waals surface area contributed by atoms with Crippen molar-refractivity contribution in [3.63, 3.8) is 0 Å². The van der Waals surface area contributed by atoms with Crippen molar-refractivity contribution in [2.24, 2.45) is 4.99 Å². The minimum Gasteiger partial charge on any atom is -0.253 e. The van der Waals surface area contributed by atoms with Gasteiger partial charge in [0.1, 0.15) is 0 Å². The van der Waals surface area contributed by atoms with E-state index >= 15 is 0 Å². The maximum Gasteiger partial charge on any atom is 0.0673 e. The van der Waals surface area contributed by atoms with E-state index < -0.39 is 8.75 Å². The van der Waals surface area contributed by atoms with E-state index in [0.717, 1.165) is 32.1 Å². The third kappa shape index (κ3) is 4.03. The number of hydrogen-bond donors (Lipinski definition) is 0. The molecular formula is C35H37NS. The quantitative estimate of drug-likeness (QED) is 0.264. The second-order valence-electron chi connectivity index (χ2n) is 10.8. The highest BCUT2D eigenvalue weighted by Gasteiger charge is 2.54. The summed E-state index contributed by atoms with van der Waals surface area (Å²) in [5, 5.41) is 5.54. The summed E-state index contributed by atoms with van der Waals surface area (Å²) >= 11 is 0. The van der Waals surface area contributed by atoms with Crippen molar-refractivity contribution in [2.45, 2.75) is 51.2 Å². The zero-order chi connectivity index (χ0) is 25.5. The Morgan fingerprint density at radius 3 is 2.62 bits per heavy atom. The average molecular weight is 504 g/mol. The van der Waals surface area contributed by atoms with Crippen LogP contribution in [0.5, 0.6) is 0 Å². The number of hydrogen-bond acceptors (Lipinski definition) is 1. The molecule has 2 heteroatoms. The van der Waals surface area contributed by atoms with Crippen LogP contribution in [0.4, 0.5) is 0 Å². The van der Waals surface area contributed by atoms with Gasteiger partial charge in [-0.15, -0.1) is 0 Å². The van der Waals surface area contributed by atoms with Gasteiger partial charge in [0.05, 0.1) is 5.70 Å². The van der Waals surface area contributed by atoms with Gasteiger partial charge in [-0.2, -0.15) is 8.75 Å². The molecule has 1 nitrogen and oxygen atoms in total. The average Bonchev–Trinajstić information content (AvgIpc) is 3.54. The molecule has 0 amide bonds. The van der Waals surface area contributed by atoms with E-state index in [-0.39, 0.29) is 0 Å². The van der Waals surface area contributed by atoms with E-state index in [2.05, 4.69) is 122 Å². The Morgan fingerprint density at radius 1 is 0.973 bits per heavy atom. The van der Waals surface area contributed by atoms with Gasteiger partial charge in [-0.25, -0.2) is 0 Å². The lowest BCUT2D eigenvalue weighted by Gasteiger charge is -2.29. The molecule has 0 bridgehead atoms. The van der Waals surface area contributed by atoms with E-state index in [9.17, 15) is 0 Å². The van der Waals surface area contributed by atoms with Gasteiger partial charge in [0, 0.05) is 16.5 Å². The molecule has 37 heavy (non-hydrogen) atoms. The normalized spacial score (nSPS) is 23.7. The van der Waals surface area contributed by atoms with E-state index in [4.69, 9.17) is 4.99 Å². The van der Waals surface area contributed by atoms with Crippen LogP contribution in [-0.2, 0) is 6.42 Å². The van der Waals surface area contributed by atoms with Crippen LogP contribution < -0.4 is 0 Å². The first-order valence-corrected chi connectivity index (χ1v) is 16.4. The molecule has 3 heterocycles. The fourth-order valence-corrected chi connectivity index (χ4v) is 11.1. The minimum absolute atomic E-state index is 0.552. The number of fused-ring (bicyclic) bond motifs is 2. The number of rotatable bonds is 7. The van der Waals surface area contributed by atoms with Gasteiger partial charge in [0.2, 0.25) is 0 Å².